The van der Waals surface area contributed by atoms with Gasteiger partial charge in [-0.25, -0.2) is 0 Å². The van der Waals surface area contributed by atoms with Crippen LogP contribution in [0.25, 0.3) is 11.1 Å². The Balaban J connectivity index is 2.22. The summed E-state index contributed by atoms with van der Waals surface area (Å²) in [6.07, 6.45) is 6.46. The molecule has 2 aromatic carbocycles. The minimum atomic E-state index is 0.210. The Morgan fingerprint density at radius 2 is 1.65 bits per heavy atom. The first-order valence-electron chi connectivity index (χ1n) is 9.36. The summed E-state index contributed by atoms with van der Waals surface area (Å²) in [5, 5.41) is 0. The van der Waals surface area contributed by atoms with Crippen molar-refractivity contribution in [3.05, 3.63) is 59.2 Å². The van der Waals surface area contributed by atoms with E-state index in [9.17, 15) is 0 Å². The quantitative estimate of drug-likeness (QED) is 0.510. The molecule has 1 aliphatic carbocycles. The van der Waals surface area contributed by atoms with Crippen molar-refractivity contribution in [2.24, 2.45) is 5.92 Å². The molecule has 122 valence electrons. The van der Waals surface area contributed by atoms with Gasteiger partial charge in [-0.2, -0.15) is 0 Å². The van der Waals surface area contributed by atoms with E-state index >= 15 is 0 Å². The van der Waals surface area contributed by atoms with Gasteiger partial charge in [0.1, 0.15) is 0 Å². The molecule has 0 amide bonds. The molecule has 0 heterocycles. The fraction of sp³-hybridized carbons (Fsp3) is 0.478. The number of aryl methyl sites for hydroxylation is 1. The molecule has 3 rings (SSSR count). The normalized spacial score (nSPS) is 20.2. The zero-order valence-corrected chi connectivity index (χ0v) is 15.2. The number of benzene rings is 2. The van der Waals surface area contributed by atoms with Crippen LogP contribution in [0.4, 0.5) is 0 Å². The molecule has 0 bridgehead atoms. The van der Waals surface area contributed by atoms with Gasteiger partial charge in [-0.1, -0.05) is 94.5 Å². The van der Waals surface area contributed by atoms with Crippen LogP contribution in [0.1, 0.15) is 69.6 Å². The second-order valence-corrected chi connectivity index (χ2v) is 7.33. The standard InChI is InChI=1S/C23H30/c1-5-7-10-15-23(18(4)6-2)21-12-9-8-11-19(21)20-14-13-17(3)16-22(20)23/h8-9,11-14,16,18H,5-7,10,15H2,1-4H3. The molecular formula is C23H30. The molecule has 2 aromatic rings. The summed E-state index contributed by atoms with van der Waals surface area (Å²) in [7, 11) is 0. The van der Waals surface area contributed by atoms with Crippen LogP contribution in [-0.2, 0) is 5.41 Å². The largest absolute Gasteiger partial charge is 0.0654 e. The van der Waals surface area contributed by atoms with E-state index < -0.39 is 0 Å². The lowest BCUT2D eigenvalue weighted by molar-refractivity contribution is 0.310. The lowest BCUT2D eigenvalue weighted by atomic mass is 9.65. The van der Waals surface area contributed by atoms with Crippen molar-refractivity contribution in [3.63, 3.8) is 0 Å². The summed E-state index contributed by atoms with van der Waals surface area (Å²) in [6, 6.07) is 16.2. The number of fused-ring (bicyclic) bond motifs is 3. The van der Waals surface area contributed by atoms with Crippen LogP contribution in [0, 0.1) is 12.8 Å². The van der Waals surface area contributed by atoms with Gasteiger partial charge < -0.3 is 0 Å². The van der Waals surface area contributed by atoms with Crippen molar-refractivity contribution in [3.8, 4) is 11.1 Å². The minimum Gasteiger partial charge on any atom is -0.0654 e. The second kappa shape index (κ2) is 6.51. The Labute approximate surface area is 141 Å². The predicted molar refractivity (Wildman–Crippen MR) is 101 cm³/mol. The van der Waals surface area contributed by atoms with Gasteiger partial charge in [0.05, 0.1) is 0 Å². The van der Waals surface area contributed by atoms with Crippen molar-refractivity contribution in [1.29, 1.82) is 0 Å². The van der Waals surface area contributed by atoms with Crippen molar-refractivity contribution in [1.82, 2.24) is 0 Å². The highest BCUT2D eigenvalue weighted by molar-refractivity contribution is 5.81. The van der Waals surface area contributed by atoms with Gasteiger partial charge in [-0.15, -0.1) is 0 Å². The molecule has 0 saturated carbocycles. The Morgan fingerprint density at radius 1 is 0.913 bits per heavy atom. The lowest BCUT2D eigenvalue weighted by Crippen LogP contribution is -2.33. The first-order valence-corrected chi connectivity index (χ1v) is 9.36. The highest BCUT2D eigenvalue weighted by Gasteiger charge is 2.45. The highest BCUT2D eigenvalue weighted by atomic mass is 14.5. The Bertz CT molecular complexity index is 682. The molecule has 0 N–H and O–H groups in total. The van der Waals surface area contributed by atoms with Crippen LogP contribution in [0.15, 0.2) is 42.5 Å². The summed E-state index contributed by atoms with van der Waals surface area (Å²) in [5.74, 6) is 0.670. The van der Waals surface area contributed by atoms with E-state index in [1.165, 1.54) is 48.8 Å². The molecule has 0 aliphatic heterocycles. The summed E-state index contributed by atoms with van der Waals surface area (Å²) in [6.45, 7) is 9.34. The van der Waals surface area contributed by atoms with Gasteiger partial charge in [0.2, 0.25) is 0 Å². The maximum absolute atomic E-state index is 2.47. The van der Waals surface area contributed by atoms with Gasteiger partial charge in [0.25, 0.3) is 0 Å². The van der Waals surface area contributed by atoms with Crippen LogP contribution in [0.3, 0.4) is 0 Å². The van der Waals surface area contributed by atoms with E-state index in [0.29, 0.717) is 5.92 Å². The number of hydrogen-bond donors (Lipinski definition) is 0. The molecular weight excluding hydrogens is 276 g/mol. The van der Waals surface area contributed by atoms with Gasteiger partial charge in [-0.3, -0.25) is 0 Å². The Hall–Kier alpha value is -1.56. The maximum Gasteiger partial charge on any atom is 0.0240 e. The lowest BCUT2D eigenvalue weighted by Gasteiger charge is -2.38. The smallest absolute Gasteiger partial charge is 0.0240 e. The summed E-state index contributed by atoms with van der Waals surface area (Å²) in [5.41, 5.74) is 7.71. The van der Waals surface area contributed by atoms with Gasteiger partial charge in [-0.05, 0) is 41.5 Å². The molecule has 2 atom stereocenters. The monoisotopic (exact) mass is 306 g/mol. The summed E-state index contributed by atoms with van der Waals surface area (Å²) >= 11 is 0. The number of rotatable bonds is 6. The van der Waals surface area contributed by atoms with E-state index in [1.54, 1.807) is 11.1 Å². The van der Waals surface area contributed by atoms with E-state index in [-0.39, 0.29) is 5.41 Å². The molecule has 0 spiro atoms. The van der Waals surface area contributed by atoms with Crippen LogP contribution >= 0.6 is 0 Å². The van der Waals surface area contributed by atoms with E-state index in [0.717, 1.165) is 0 Å². The number of unbranched alkanes of at least 4 members (excludes halogenated alkanes) is 2. The van der Waals surface area contributed by atoms with Crippen molar-refractivity contribution < 1.29 is 0 Å². The molecule has 2 unspecified atom stereocenters. The van der Waals surface area contributed by atoms with Crippen molar-refractivity contribution >= 4 is 0 Å². The maximum atomic E-state index is 2.47. The molecule has 0 aromatic heterocycles. The molecule has 23 heavy (non-hydrogen) atoms. The van der Waals surface area contributed by atoms with Crippen LogP contribution in [0.2, 0.25) is 0 Å². The average Bonchev–Trinajstić information content (AvgIpc) is 2.85. The predicted octanol–water partition coefficient (Wildman–Crippen LogP) is 6.89. The highest BCUT2D eigenvalue weighted by Crippen LogP contribution is 2.56. The third-order valence-corrected chi connectivity index (χ3v) is 5.98. The van der Waals surface area contributed by atoms with Gasteiger partial charge >= 0.3 is 0 Å². The Kier molecular flexibility index (Phi) is 4.62. The Morgan fingerprint density at radius 3 is 2.39 bits per heavy atom. The minimum absolute atomic E-state index is 0.210. The fourth-order valence-electron chi connectivity index (χ4n) is 4.56. The summed E-state index contributed by atoms with van der Waals surface area (Å²) < 4.78 is 0. The van der Waals surface area contributed by atoms with Crippen molar-refractivity contribution in [2.75, 3.05) is 0 Å². The van der Waals surface area contributed by atoms with E-state index in [4.69, 9.17) is 0 Å². The second-order valence-electron chi connectivity index (χ2n) is 7.33. The average molecular weight is 306 g/mol. The molecule has 0 fully saturated rings. The molecule has 0 heteroatoms. The number of hydrogen-bond acceptors (Lipinski definition) is 0. The molecule has 1 aliphatic rings. The first-order chi connectivity index (χ1) is 11.1. The molecule has 0 radical (unpaired) electrons. The molecule has 0 saturated heterocycles. The fourth-order valence-corrected chi connectivity index (χ4v) is 4.56. The van der Waals surface area contributed by atoms with Crippen molar-refractivity contribution in [2.45, 2.75) is 65.2 Å². The van der Waals surface area contributed by atoms with Gasteiger partial charge in [0.15, 0.2) is 0 Å². The third kappa shape index (κ3) is 2.53. The van der Waals surface area contributed by atoms with Crippen LogP contribution in [0.5, 0.6) is 0 Å². The van der Waals surface area contributed by atoms with E-state index in [2.05, 4.69) is 70.2 Å². The third-order valence-electron chi connectivity index (χ3n) is 5.98. The zero-order chi connectivity index (χ0) is 16.4. The van der Waals surface area contributed by atoms with Crippen LogP contribution in [-0.4, -0.2) is 0 Å². The van der Waals surface area contributed by atoms with Gasteiger partial charge in [0, 0.05) is 5.41 Å². The van der Waals surface area contributed by atoms with Crippen LogP contribution < -0.4 is 0 Å². The SMILES string of the molecule is CCCCCC1(C(C)CC)c2ccccc2-c2ccc(C)cc21. The first kappa shape index (κ1) is 16.3. The van der Waals surface area contributed by atoms with E-state index in [1.807, 2.05) is 0 Å². The topological polar surface area (TPSA) is 0 Å². The summed E-state index contributed by atoms with van der Waals surface area (Å²) in [4.78, 5) is 0. The zero-order valence-electron chi connectivity index (χ0n) is 15.2. The molecule has 0 nitrogen and oxygen atoms in total.